The van der Waals surface area contributed by atoms with E-state index in [4.69, 9.17) is 26.9 Å². The summed E-state index contributed by atoms with van der Waals surface area (Å²) < 4.78 is 6.57. The molecule has 1 unspecified atom stereocenters. The lowest BCUT2D eigenvalue weighted by Gasteiger charge is -2.19. The summed E-state index contributed by atoms with van der Waals surface area (Å²) in [7, 11) is 0. The lowest BCUT2D eigenvalue weighted by atomic mass is 10.1. The summed E-state index contributed by atoms with van der Waals surface area (Å²) in [6, 6.07) is 0. The molecule has 0 aliphatic carbocycles. The number of rotatable bonds is 5. The van der Waals surface area contributed by atoms with Crippen LogP contribution in [-0.2, 0) is 4.79 Å². The lowest BCUT2D eigenvalue weighted by Crippen LogP contribution is -2.44. The fraction of sp³-hybridized carbons (Fsp3) is 0.833. The van der Waals surface area contributed by atoms with Crippen molar-refractivity contribution in [3.05, 3.63) is 0 Å². The molecule has 4 atom stereocenters. The fourth-order valence-electron chi connectivity index (χ4n) is 0.559. The van der Waals surface area contributed by atoms with Crippen molar-refractivity contribution in [2.75, 3.05) is 13.2 Å². The largest absolute Gasteiger partial charge is 0.394 e. The monoisotopic (exact) mass is 181 g/mol. The maximum Gasteiger partial charge on any atom is 0.189 e. The molecule has 6 heteroatoms. The molecule has 0 heterocycles. The van der Waals surface area contributed by atoms with Crippen LogP contribution < -0.4 is 0 Å². The molecule has 6 nitrogen and oxygen atoms in total. The third-order valence-electron chi connectivity index (χ3n) is 1.31. The summed E-state index contributed by atoms with van der Waals surface area (Å²) >= 11 is 0. The van der Waals surface area contributed by atoms with E-state index in [0.29, 0.717) is 0 Å². The predicted molar refractivity (Wildman–Crippen MR) is 37.2 cm³/mol. The number of carbonyl (C=O) groups excluding carboxylic acids is 1. The predicted octanol–water partition coefficient (Wildman–Crippen LogP) is -3.38. The van der Waals surface area contributed by atoms with Crippen LogP contribution in [0.3, 0.4) is 0 Å². The van der Waals surface area contributed by atoms with Crippen molar-refractivity contribution in [2.45, 2.75) is 18.3 Å². The normalized spacial score (nSPS) is 22.2. The Morgan fingerprint density at radius 3 is 2.17 bits per heavy atom. The van der Waals surface area contributed by atoms with Crippen molar-refractivity contribution in [3.8, 4) is 0 Å². The molecule has 0 saturated heterocycles. The van der Waals surface area contributed by atoms with Gasteiger partial charge in [-0.25, -0.2) is 0 Å². The van der Waals surface area contributed by atoms with Crippen molar-refractivity contribution in [1.82, 2.24) is 0 Å². The highest BCUT2D eigenvalue weighted by Gasteiger charge is 2.28. The first-order valence-corrected chi connectivity index (χ1v) is 3.20. The van der Waals surface area contributed by atoms with Gasteiger partial charge in [-0.15, -0.1) is 0 Å². The molecule has 0 aromatic heterocycles. The topological polar surface area (TPSA) is 118 Å². The van der Waals surface area contributed by atoms with Crippen molar-refractivity contribution in [3.63, 3.8) is 0 Å². The summed E-state index contributed by atoms with van der Waals surface area (Å²) in [5, 5.41) is 43.4. The molecular weight excluding hydrogens is 168 g/mol. The van der Waals surface area contributed by atoms with Gasteiger partial charge < -0.3 is 25.5 Å². The van der Waals surface area contributed by atoms with Crippen LogP contribution in [0.1, 0.15) is 1.37 Å². The molecule has 0 aliphatic rings. The van der Waals surface area contributed by atoms with E-state index in [2.05, 4.69) is 0 Å². The molecule has 0 aromatic rings. The van der Waals surface area contributed by atoms with Gasteiger partial charge in [0, 0.05) is 0 Å². The minimum absolute atomic E-state index is 0.987. The zero-order chi connectivity index (χ0) is 10.6. The molecule has 0 aliphatic heterocycles. The van der Waals surface area contributed by atoms with Crippen molar-refractivity contribution >= 4 is 5.78 Å². The van der Waals surface area contributed by atoms with Crippen LogP contribution in [0.15, 0.2) is 0 Å². The first-order valence-electron chi connectivity index (χ1n) is 3.77. The Kier molecular flexibility index (Phi) is 4.12. The van der Waals surface area contributed by atoms with E-state index >= 15 is 0 Å². The molecule has 5 N–H and O–H groups in total. The average molecular weight is 181 g/mol. The fourth-order valence-corrected chi connectivity index (χ4v) is 0.559. The van der Waals surface area contributed by atoms with Crippen LogP contribution >= 0.6 is 0 Å². The van der Waals surface area contributed by atoms with E-state index in [1.807, 2.05) is 0 Å². The van der Waals surface area contributed by atoms with Crippen LogP contribution in [0.25, 0.3) is 0 Å². The number of hydrogen-bond donors (Lipinski definition) is 5. The van der Waals surface area contributed by atoms with Gasteiger partial charge in [0.25, 0.3) is 0 Å². The van der Waals surface area contributed by atoms with Crippen molar-refractivity contribution < 1.29 is 31.7 Å². The van der Waals surface area contributed by atoms with E-state index in [1.54, 1.807) is 0 Å². The molecule has 0 radical (unpaired) electrons. The molecule has 0 aromatic carbocycles. The highest BCUT2D eigenvalue weighted by atomic mass is 16.4. The third kappa shape index (κ3) is 2.84. The molecule has 0 saturated carbocycles. The number of Topliss-reactive ketones (excluding diaryl/α,β-unsaturated/α-hetero) is 1. The Morgan fingerprint density at radius 2 is 1.83 bits per heavy atom. The van der Waals surface area contributed by atoms with Crippen LogP contribution in [0, 0.1) is 0 Å². The van der Waals surface area contributed by atoms with E-state index in [0.717, 1.165) is 0 Å². The van der Waals surface area contributed by atoms with E-state index in [-0.39, 0.29) is 0 Å². The maximum absolute atomic E-state index is 10.6. The standard InChI is InChI=1S/C6H12O6/c7-1-3(9)5(11)6(12)4(10)2-8/h3,5-9,11-12H,1-2H2/t3-,5+,6-/m1/s1/i1D/t1?,3-,5+,6-. The zero-order valence-electron chi connectivity index (χ0n) is 7.16. The molecule has 72 valence electrons. The maximum atomic E-state index is 10.6. The first-order chi connectivity index (χ1) is 5.91. The quantitative estimate of drug-likeness (QED) is 0.302. The number of carbonyl (C=O) groups is 1. The summed E-state index contributed by atoms with van der Waals surface area (Å²) in [4.78, 5) is 10.6. The molecule has 12 heavy (non-hydrogen) atoms. The SMILES string of the molecule is [2H]C(O)[C@@H](O)[C@H](O)[C@H](O)C(=O)CO. The van der Waals surface area contributed by atoms with Gasteiger partial charge in [0.2, 0.25) is 0 Å². The smallest absolute Gasteiger partial charge is 0.189 e. The van der Waals surface area contributed by atoms with Crippen LogP contribution in [0.5, 0.6) is 0 Å². The van der Waals surface area contributed by atoms with Crippen molar-refractivity contribution in [2.24, 2.45) is 0 Å². The van der Waals surface area contributed by atoms with Gasteiger partial charge in [-0.2, -0.15) is 0 Å². The molecule has 0 rings (SSSR count). The Bertz CT molecular complexity index is 173. The highest BCUT2D eigenvalue weighted by Crippen LogP contribution is 2.00. The minimum atomic E-state index is -2.02. The Labute approximate surface area is 70.1 Å². The molecular formula is C6H12O6. The second-order valence-corrected chi connectivity index (χ2v) is 2.20. The summed E-state index contributed by atoms with van der Waals surface area (Å²) in [6.45, 7) is -3.00. The van der Waals surface area contributed by atoms with Crippen LogP contribution in [0.2, 0.25) is 0 Å². The van der Waals surface area contributed by atoms with Gasteiger partial charge in [0.05, 0.1) is 7.95 Å². The van der Waals surface area contributed by atoms with Crippen LogP contribution in [-0.4, -0.2) is 62.8 Å². The van der Waals surface area contributed by atoms with Gasteiger partial charge in [0.1, 0.15) is 24.9 Å². The minimum Gasteiger partial charge on any atom is -0.394 e. The zero-order valence-corrected chi connectivity index (χ0v) is 6.16. The average Bonchev–Trinajstić information content (AvgIpc) is 2.12. The Morgan fingerprint density at radius 1 is 1.33 bits per heavy atom. The number of aliphatic hydroxyl groups is 5. The second-order valence-electron chi connectivity index (χ2n) is 2.20. The van der Waals surface area contributed by atoms with Gasteiger partial charge in [-0.3, -0.25) is 4.79 Å². The summed E-state index contributed by atoms with van der Waals surface area (Å²) in [5.74, 6) is -1.09. The molecule has 0 spiro atoms. The summed E-state index contributed by atoms with van der Waals surface area (Å²) in [6.07, 6.45) is -5.93. The van der Waals surface area contributed by atoms with Crippen LogP contribution in [0.4, 0.5) is 0 Å². The highest BCUT2D eigenvalue weighted by molar-refractivity contribution is 5.84. The van der Waals surface area contributed by atoms with Gasteiger partial charge >= 0.3 is 0 Å². The number of hydrogen-bond acceptors (Lipinski definition) is 6. The third-order valence-corrected chi connectivity index (χ3v) is 1.31. The Balaban J connectivity index is 4.24. The summed E-state index contributed by atoms with van der Waals surface area (Å²) in [5.41, 5.74) is 0. The lowest BCUT2D eigenvalue weighted by molar-refractivity contribution is -0.142. The van der Waals surface area contributed by atoms with E-state index in [9.17, 15) is 4.79 Å². The Hall–Kier alpha value is -0.530. The molecule has 0 amide bonds. The number of aliphatic hydroxyl groups excluding tert-OH is 5. The van der Waals surface area contributed by atoms with Gasteiger partial charge in [-0.05, 0) is 0 Å². The number of ketones is 1. The van der Waals surface area contributed by atoms with Gasteiger partial charge in [0.15, 0.2) is 5.78 Å². The van der Waals surface area contributed by atoms with E-state index in [1.165, 1.54) is 0 Å². The first kappa shape index (κ1) is 9.56. The second kappa shape index (κ2) is 5.18. The molecule has 0 fully saturated rings. The molecule has 0 bridgehead atoms. The van der Waals surface area contributed by atoms with Gasteiger partial charge in [-0.1, -0.05) is 0 Å². The van der Waals surface area contributed by atoms with Crippen molar-refractivity contribution in [1.29, 1.82) is 0 Å². The van der Waals surface area contributed by atoms with E-state index < -0.39 is 37.3 Å².